The number of aliphatic imine (C=N–C) groups is 1. The quantitative estimate of drug-likeness (QED) is 0.777. The van der Waals surface area contributed by atoms with E-state index in [1.165, 1.54) is 49.4 Å². The van der Waals surface area contributed by atoms with E-state index in [0.717, 1.165) is 6.42 Å². The van der Waals surface area contributed by atoms with Crippen molar-refractivity contribution in [2.24, 2.45) is 4.99 Å². The molecule has 0 amide bonds. The fourth-order valence-electron chi connectivity index (χ4n) is 3.79. The lowest BCUT2D eigenvalue weighted by Gasteiger charge is -2.22. The lowest BCUT2D eigenvalue weighted by molar-refractivity contribution is 0.101. The van der Waals surface area contributed by atoms with Gasteiger partial charge in [-0.05, 0) is 32.1 Å². The van der Waals surface area contributed by atoms with Crippen molar-refractivity contribution in [1.29, 1.82) is 0 Å². The molecular weight excluding hydrogens is 232 g/mol. The Kier molecular flexibility index (Phi) is 2.44. The SMILES string of the molecule is C1CCC2(C1)CSC(=NC1CC3CCC1O3)N2. The van der Waals surface area contributed by atoms with E-state index in [-0.39, 0.29) is 0 Å². The molecule has 4 heteroatoms. The first kappa shape index (κ1) is 10.7. The van der Waals surface area contributed by atoms with Gasteiger partial charge in [-0.1, -0.05) is 24.6 Å². The maximum atomic E-state index is 5.87. The molecule has 3 aliphatic heterocycles. The third-order valence-corrected chi connectivity index (χ3v) is 5.95. The zero-order valence-electron chi connectivity index (χ0n) is 10.2. The molecule has 3 nitrogen and oxygen atoms in total. The highest BCUT2D eigenvalue weighted by molar-refractivity contribution is 8.14. The van der Waals surface area contributed by atoms with Crippen LogP contribution in [0.4, 0.5) is 0 Å². The van der Waals surface area contributed by atoms with E-state index >= 15 is 0 Å². The summed E-state index contributed by atoms with van der Waals surface area (Å²) in [5.41, 5.74) is 0.405. The fourth-order valence-corrected chi connectivity index (χ4v) is 5.07. The minimum atomic E-state index is 0.405. The number of hydrogen-bond acceptors (Lipinski definition) is 3. The Morgan fingerprint density at radius 1 is 1.29 bits per heavy atom. The molecule has 0 aromatic rings. The van der Waals surface area contributed by atoms with Crippen LogP contribution in [-0.4, -0.2) is 34.7 Å². The van der Waals surface area contributed by atoms with Crippen LogP contribution in [0.5, 0.6) is 0 Å². The van der Waals surface area contributed by atoms with E-state index in [1.807, 2.05) is 11.8 Å². The second-order valence-corrected chi connectivity index (χ2v) is 6.98. The van der Waals surface area contributed by atoms with Gasteiger partial charge >= 0.3 is 0 Å². The monoisotopic (exact) mass is 252 g/mol. The molecule has 3 heterocycles. The van der Waals surface area contributed by atoms with Gasteiger partial charge in [0.1, 0.15) is 0 Å². The van der Waals surface area contributed by atoms with Gasteiger partial charge in [0.15, 0.2) is 5.17 Å². The second kappa shape index (κ2) is 3.89. The van der Waals surface area contributed by atoms with Gasteiger partial charge in [-0.15, -0.1) is 0 Å². The van der Waals surface area contributed by atoms with E-state index in [1.54, 1.807) is 0 Å². The summed E-state index contributed by atoms with van der Waals surface area (Å²) in [6, 6.07) is 0.445. The second-order valence-electron chi connectivity index (χ2n) is 6.01. The molecule has 1 spiro atoms. The summed E-state index contributed by atoms with van der Waals surface area (Å²) in [5.74, 6) is 1.23. The van der Waals surface area contributed by atoms with Crippen LogP contribution in [0.3, 0.4) is 0 Å². The number of fused-ring (bicyclic) bond motifs is 2. The predicted molar refractivity (Wildman–Crippen MR) is 70.5 cm³/mol. The van der Waals surface area contributed by atoms with Gasteiger partial charge in [-0.3, -0.25) is 4.99 Å². The summed E-state index contributed by atoms with van der Waals surface area (Å²) < 4.78 is 5.87. The highest BCUT2D eigenvalue weighted by Gasteiger charge is 2.43. The molecule has 17 heavy (non-hydrogen) atoms. The van der Waals surface area contributed by atoms with Crippen LogP contribution in [0.15, 0.2) is 4.99 Å². The van der Waals surface area contributed by atoms with Gasteiger partial charge < -0.3 is 10.1 Å². The molecule has 2 bridgehead atoms. The van der Waals surface area contributed by atoms with E-state index in [9.17, 15) is 0 Å². The number of nitrogens with zero attached hydrogens (tertiary/aromatic N) is 1. The van der Waals surface area contributed by atoms with E-state index in [0.29, 0.717) is 23.8 Å². The minimum absolute atomic E-state index is 0.405. The molecule has 4 aliphatic rings. The van der Waals surface area contributed by atoms with Crippen LogP contribution in [-0.2, 0) is 4.74 Å². The molecule has 3 atom stereocenters. The number of hydrogen-bond donors (Lipinski definition) is 1. The highest BCUT2D eigenvalue weighted by atomic mass is 32.2. The van der Waals surface area contributed by atoms with Gasteiger partial charge in [0.25, 0.3) is 0 Å². The zero-order chi connectivity index (χ0) is 11.3. The summed E-state index contributed by atoms with van der Waals surface area (Å²) in [7, 11) is 0. The van der Waals surface area contributed by atoms with Crippen LogP contribution in [0.25, 0.3) is 0 Å². The first-order valence-electron chi connectivity index (χ1n) is 6.97. The normalized spacial score (nSPS) is 44.9. The van der Waals surface area contributed by atoms with Crippen molar-refractivity contribution >= 4 is 16.9 Å². The number of amidine groups is 1. The molecule has 0 aromatic heterocycles. The third kappa shape index (κ3) is 1.80. The van der Waals surface area contributed by atoms with Crippen molar-refractivity contribution in [2.75, 3.05) is 5.75 Å². The molecule has 1 aliphatic carbocycles. The molecule has 3 saturated heterocycles. The topological polar surface area (TPSA) is 33.6 Å². The number of rotatable bonds is 1. The number of thioether (sulfide) groups is 1. The molecule has 3 unspecified atom stereocenters. The summed E-state index contributed by atoms with van der Waals surface area (Å²) in [6.07, 6.45) is 10.0. The smallest absolute Gasteiger partial charge is 0.157 e. The average molecular weight is 252 g/mol. The van der Waals surface area contributed by atoms with Crippen LogP contribution < -0.4 is 5.32 Å². The van der Waals surface area contributed by atoms with Crippen molar-refractivity contribution in [1.82, 2.24) is 5.32 Å². The summed E-state index contributed by atoms with van der Waals surface area (Å²) in [5, 5.41) is 4.91. The maximum absolute atomic E-state index is 5.87. The zero-order valence-corrected chi connectivity index (χ0v) is 11.0. The van der Waals surface area contributed by atoms with E-state index < -0.39 is 0 Å². The molecular formula is C13H20N2OS. The number of nitrogens with one attached hydrogen (secondary N) is 1. The van der Waals surface area contributed by atoms with Crippen molar-refractivity contribution in [2.45, 2.75) is 68.7 Å². The maximum Gasteiger partial charge on any atom is 0.157 e. The summed E-state index contributed by atoms with van der Waals surface area (Å²) >= 11 is 1.94. The predicted octanol–water partition coefficient (Wildman–Crippen LogP) is 2.31. The molecule has 0 radical (unpaired) electrons. The van der Waals surface area contributed by atoms with E-state index in [2.05, 4.69) is 5.32 Å². The minimum Gasteiger partial charge on any atom is -0.373 e. The van der Waals surface area contributed by atoms with Gasteiger partial charge in [-0.25, -0.2) is 0 Å². The Labute approximate surface area is 107 Å². The molecule has 94 valence electrons. The fraction of sp³-hybridized carbons (Fsp3) is 0.923. The lowest BCUT2D eigenvalue weighted by Crippen LogP contribution is -2.41. The first-order valence-corrected chi connectivity index (χ1v) is 7.96. The Morgan fingerprint density at radius 3 is 2.88 bits per heavy atom. The standard InChI is InChI=1S/C13H20N2OS/c1-2-6-13(5-1)8-17-12(15-13)14-10-7-9-3-4-11(10)16-9/h9-11H,1-8H2,(H,14,15). The van der Waals surface area contributed by atoms with E-state index in [4.69, 9.17) is 9.73 Å². The van der Waals surface area contributed by atoms with Crippen LogP contribution >= 0.6 is 11.8 Å². The van der Waals surface area contributed by atoms with Gasteiger partial charge in [0.05, 0.1) is 18.2 Å². The van der Waals surface area contributed by atoms with Crippen molar-refractivity contribution in [3.05, 3.63) is 0 Å². The van der Waals surface area contributed by atoms with Crippen molar-refractivity contribution in [3.8, 4) is 0 Å². The van der Waals surface area contributed by atoms with Crippen LogP contribution in [0.1, 0.15) is 44.9 Å². The molecule has 4 rings (SSSR count). The van der Waals surface area contributed by atoms with Crippen LogP contribution in [0, 0.1) is 0 Å². The Bertz CT molecular complexity index is 351. The van der Waals surface area contributed by atoms with Gasteiger partial charge in [0, 0.05) is 11.3 Å². The summed E-state index contributed by atoms with van der Waals surface area (Å²) in [6.45, 7) is 0. The average Bonchev–Trinajstić information content (AvgIpc) is 3.07. The molecule has 1 N–H and O–H groups in total. The van der Waals surface area contributed by atoms with Crippen molar-refractivity contribution in [3.63, 3.8) is 0 Å². The lowest BCUT2D eigenvalue weighted by atomic mass is 9.96. The van der Waals surface area contributed by atoms with Crippen molar-refractivity contribution < 1.29 is 4.74 Å². The highest BCUT2D eigenvalue weighted by Crippen LogP contribution is 2.40. The molecule has 4 fully saturated rings. The van der Waals surface area contributed by atoms with Gasteiger partial charge in [-0.2, -0.15) is 0 Å². The molecule has 0 aromatic carbocycles. The Hall–Kier alpha value is -0.220. The summed E-state index contributed by atoms with van der Waals surface area (Å²) in [4.78, 5) is 4.92. The van der Waals surface area contributed by atoms with Gasteiger partial charge in [0.2, 0.25) is 0 Å². The largest absolute Gasteiger partial charge is 0.373 e. The molecule has 1 saturated carbocycles. The number of ether oxygens (including phenoxy) is 1. The third-order valence-electron chi connectivity index (χ3n) is 4.77. The Morgan fingerprint density at radius 2 is 2.18 bits per heavy atom. The first-order chi connectivity index (χ1) is 8.33. The van der Waals surface area contributed by atoms with Crippen LogP contribution in [0.2, 0.25) is 0 Å². The Balaban J connectivity index is 1.46.